The Balaban J connectivity index is 0.000000774. The highest BCUT2D eigenvalue weighted by molar-refractivity contribution is 6.04. The summed E-state index contributed by atoms with van der Waals surface area (Å²) in [4.78, 5) is 16.4. The predicted molar refractivity (Wildman–Crippen MR) is 90.3 cm³/mol. The van der Waals surface area contributed by atoms with Crippen LogP contribution in [0.15, 0.2) is 18.2 Å². The SMILES string of the molecule is CC.CCC[C@H]1[C@@H](CC)c2cccc3c2N1CC(=O)N3C. The quantitative estimate of drug-likeness (QED) is 0.833. The zero-order valence-electron chi connectivity index (χ0n) is 14.0. The number of hydrogen-bond acceptors (Lipinski definition) is 2. The third-order valence-electron chi connectivity index (χ3n) is 4.66. The molecule has 3 nitrogen and oxygen atoms in total. The zero-order chi connectivity index (χ0) is 15.6. The van der Waals surface area contributed by atoms with Gasteiger partial charge in [-0.2, -0.15) is 0 Å². The fourth-order valence-corrected chi connectivity index (χ4v) is 3.75. The molecule has 1 amide bonds. The molecular formula is C18H28N2O. The molecule has 0 N–H and O–H groups in total. The lowest BCUT2D eigenvalue weighted by molar-refractivity contribution is -0.117. The van der Waals surface area contributed by atoms with E-state index in [1.165, 1.54) is 24.1 Å². The van der Waals surface area contributed by atoms with Crippen molar-refractivity contribution in [1.82, 2.24) is 0 Å². The lowest BCUT2D eigenvalue weighted by atomic mass is 9.90. The van der Waals surface area contributed by atoms with Crippen LogP contribution in [0.5, 0.6) is 0 Å². The van der Waals surface area contributed by atoms with E-state index < -0.39 is 0 Å². The van der Waals surface area contributed by atoms with Crippen LogP contribution in [0.25, 0.3) is 0 Å². The largest absolute Gasteiger partial charge is 0.357 e. The van der Waals surface area contributed by atoms with Crippen molar-refractivity contribution in [2.45, 2.75) is 58.9 Å². The molecule has 2 aliphatic rings. The van der Waals surface area contributed by atoms with Crippen LogP contribution in [-0.2, 0) is 4.79 Å². The van der Waals surface area contributed by atoms with Crippen LogP contribution in [0.2, 0.25) is 0 Å². The van der Waals surface area contributed by atoms with Crippen LogP contribution >= 0.6 is 0 Å². The van der Waals surface area contributed by atoms with E-state index in [4.69, 9.17) is 0 Å². The summed E-state index contributed by atoms with van der Waals surface area (Å²) in [5.41, 5.74) is 3.85. The molecule has 116 valence electrons. The molecule has 0 spiro atoms. The van der Waals surface area contributed by atoms with Crippen molar-refractivity contribution in [2.24, 2.45) is 0 Å². The Morgan fingerprint density at radius 1 is 1.24 bits per heavy atom. The van der Waals surface area contributed by atoms with Gasteiger partial charge in [-0.25, -0.2) is 0 Å². The Morgan fingerprint density at radius 2 is 1.95 bits per heavy atom. The standard InChI is InChI=1S/C16H22N2O.C2H6/c1-4-7-13-11(5-2)12-8-6-9-14-16(12)18(13)10-15(19)17(14)3;1-2/h6,8-9,11,13H,4-5,7,10H2,1-3H3;1-2H3/t11-,13-;/m0./s1. The molecule has 0 aliphatic carbocycles. The van der Waals surface area contributed by atoms with E-state index in [-0.39, 0.29) is 5.91 Å². The predicted octanol–water partition coefficient (Wildman–Crippen LogP) is 4.17. The molecule has 0 fully saturated rings. The highest BCUT2D eigenvalue weighted by Gasteiger charge is 2.42. The Morgan fingerprint density at radius 3 is 2.57 bits per heavy atom. The van der Waals surface area contributed by atoms with Gasteiger partial charge in [0.05, 0.1) is 17.9 Å². The molecule has 0 aromatic heterocycles. The molecule has 0 unspecified atom stereocenters. The summed E-state index contributed by atoms with van der Waals surface area (Å²) in [6, 6.07) is 6.92. The summed E-state index contributed by atoms with van der Waals surface area (Å²) in [5.74, 6) is 0.789. The van der Waals surface area contributed by atoms with E-state index in [1.807, 2.05) is 25.8 Å². The Hall–Kier alpha value is -1.51. The van der Waals surface area contributed by atoms with Crippen LogP contribution in [0, 0.1) is 0 Å². The van der Waals surface area contributed by atoms with Crippen LogP contribution in [0.4, 0.5) is 11.4 Å². The second-order valence-corrected chi connectivity index (χ2v) is 5.67. The van der Waals surface area contributed by atoms with Crippen molar-refractivity contribution in [2.75, 3.05) is 23.4 Å². The number of anilines is 2. The second-order valence-electron chi connectivity index (χ2n) is 5.67. The first-order valence-corrected chi connectivity index (χ1v) is 8.35. The highest BCUT2D eigenvalue weighted by Crippen LogP contribution is 2.50. The third-order valence-corrected chi connectivity index (χ3v) is 4.66. The maximum Gasteiger partial charge on any atom is 0.246 e. The summed E-state index contributed by atoms with van der Waals surface area (Å²) in [5, 5.41) is 0. The Labute approximate surface area is 128 Å². The average Bonchev–Trinajstić information content (AvgIpc) is 2.81. The highest BCUT2D eigenvalue weighted by atomic mass is 16.2. The molecule has 2 atom stereocenters. The first kappa shape index (κ1) is 15.9. The first-order chi connectivity index (χ1) is 10.2. The van der Waals surface area contributed by atoms with E-state index in [2.05, 4.69) is 36.9 Å². The fourth-order valence-electron chi connectivity index (χ4n) is 3.75. The van der Waals surface area contributed by atoms with Gasteiger partial charge in [0.1, 0.15) is 0 Å². The summed E-state index contributed by atoms with van der Waals surface area (Å²) in [6.07, 6.45) is 3.49. The van der Waals surface area contributed by atoms with Crippen molar-refractivity contribution in [3.05, 3.63) is 23.8 Å². The normalized spacial score (nSPS) is 22.8. The number of hydrogen-bond donors (Lipinski definition) is 0. The second kappa shape index (κ2) is 6.50. The van der Waals surface area contributed by atoms with Gasteiger partial charge >= 0.3 is 0 Å². The van der Waals surface area contributed by atoms with Gasteiger partial charge in [-0.3, -0.25) is 4.79 Å². The molecule has 1 aromatic carbocycles. The number of rotatable bonds is 3. The fraction of sp³-hybridized carbons (Fsp3) is 0.611. The van der Waals surface area contributed by atoms with Gasteiger partial charge in [-0.05, 0) is 24.5 Å². The van der Waals surface area contributed by atoms with E-state index in [0.29, 0.717) is 18.5 Å². The topological polar surface area (TPSA) is 23.6 Å². The molecule has 0 saturated carbocycles. The van der Waals surface area contributed by atoms with Crippen LogP contribution in [-0.4, -0.2) is 25.5 Å². The minimum atomic E-state index is 0.211. The van der Waals surface area contributed by atoms with Gasteiger partial charge in [0.2, 0.25) is 5.91 Å². The molecule has 21 heavy (non-hydrogen) atoms. The molecule has 0 bridgehead atoms. The van der Waals surface area contributed by atoms with Crippen LogP contribution in [0.3, 0.4) is 0 Å². The summed E-state index contributed by atoms with van der Waals surface area (Å²) < 4.78 is 0. The first-order valence-electron chi connectivity index (χ1n) is 8.35. The van der Waals surface area contributed by atoms with Crippen molar-refractivity contribution in [3.8, 4) is 0 Å². The Bertz CT molecular complexity index is 512. The average molecular weight is 288 g/mol. The van der Waals surface area contributed by atoms with Crippen molar-refractivity contribution >= 4 is 17.3 Å². The number of carbonyl (C=O) groups excluding carboxylic acids is 1. The summed E-state index contributed by atoms with van der Waals surface area (Å²) >= 11 is 0. The number of carbonyl (C=O) groups is 1. The monoisotopic (exact) mass is 288 g/mol. The minimum absolute atomic E-state index is 0.211. The maximum atomic E-state index is 12.2. The lowest BCUT2D eigenvalue weighted by Crippen LogP contribution is -2.46. The Kier molecular flexibility index (Phi) is 4.92. The zero-order valence-corrected chi connectivity index (χ0v) is 14.0. The van der Waals surface area contributed by atoms with Crippen molar-refractivity contribution in [1.29, 1.82) is 0 Å². The number of amides is 1. The van der Waals surface area contributed by atoms with Gasteiger partial charge in [-0.1, -0.05) is 46.2 Å². The molecule has 0 radical (unpaired) electrons. The molecule has 1 aromatic rings. The van der Waals surface area contributed by atoms with Gasteiger partial charge in [0, 0.05) is 19.0 Å². The van der Waals surface area contributed by atoms with Gasteiger partial charge < -0.3 is 9.80 Å². The molecule has 3 heteroatoms. The molecule has 0 saturated heterocycles. The van der Waals surface area contributed by atoms with E-state index >= 15 is 0 Å². The number of nitrogens with zero attached hydrogens (tertiary/aromatic N) is 2. The van der Waals surface area contributed by atoms with E-state index in [0.717, 1.165) is 12.1 Å². The number of likely N-dealkylation sites (N-methyl/N-ethyl adjacent to an activating group) is 1. The van der Waals surface area contributed by atoms with Crippen LogP contribution in [0.1, 0.15) is 58.4 Å². The van der Waals surface area contributed by atoms with E-state index in [9.17, 15) is 4.79 Å². The maximum absolute atomic E-state index is 12.2. The third kappa shape index (κ3) is 2.43. The van der Waals surface area contributed by atoms with Gasteiger partial charge in [0.15, 0.2) is 0 Å². The number of benzene rings is 1. The summed E-state index contributed by atoms with van der Waals surface area (Å²) in [7, 11) is 1.89. The van der Waals surface area contributed by atoms with Crippen molar-refractivity contribution < 1.29 is 4.79 Å². The van der Waals surface area contributed by atoms with Crippen LogP contribution < -0.4 is 9.80 Å². The number of para-hydroxylation sites is 1. The van der Waals surface area contributed by atoms with Gasteiger partial charge in [-0.15, -0.1) is 0 Å². The molecule has 2 heterocycles. The van der Waals surface area contributed by atoms with Crippen molar-refractivity contribution in [3.63, 3.8) is 0 Å². The molecule has 2 aliphatic heterocycles. The van der Waals surface area contributed by atoms with Gasteiger partial charge in [0.25, 0.3) is 0 Å². The molecule has 3 rings (SSSR count). The lowest BCUT2D eigenvalue weighted by Gasteiger charge is -2.36. The minimum Gasteiger partial charge on any atom is -0.357 e. The smallest absolute Gasteiger partial charge is 0.246 e. The van der Waals surface area contributed by atoms with E-state index in [1.54, 1.807) is 0 Å². The molecular weight excluding hydrogens is 260 g/mol. The summed E-state index contributed by atoms with van der Waals surface area (Å²) in [6.45, 7) is 9.03.